The van der Waals surface area contributed by atoms with Crippen LogP contribution < -0.4 is 5.32 Å². The highest BCUT2D eigenvalue weighted by molar-refractivity contribution is 5.94. The Balaban J connectivity index is 2.11. The first-order valence-electron chi connectivity index (χ1n) is 5.93. The van der Waals surface area contributed by atoms with Crippen molar-refractivity contribution in [2.45, 2.75) is 18.9 Å². The summed E-state index contributed by atoms with van der Waals surface area (Å²) in [7, 11) is 1.89. The second-order valence-electron chi connectivity index (χ2n) is 4.36. The van der Waals surface area contributed by atoms with Crippen LogP contribution in [-0.4, -0.2) is 37.0 Å². The Labute approximate surface area is 101 Å². The Morgan fingerprint density at radius 3 is 2.82 bits per heavy atom. The zero-order valence-electron chi connectivity index (χ0n) is 9.95. The van der Waals surface area contributed by atoms with Crippen LogP contribution in [0, 0.1) is 5.82 Å². The topological polar surface area (TPSA) is 32.3 Å². The first-order chi connectivity index (χ1) is 8.22. The largest absolute Gasteiger partial charge is 0.334 e. The number of carbonyl (C=O) groups excluding carboxylic acids is 1. The number of amides is 1. The van der Waals surface area contributed by atoms with E-state index < -0.39 is 0 Å². The van der Waals surface area contributed by atoms with Crippen molar-refractivity contribution in [3.63, 3.8) is 0 Å². The maximum absolute atomic E-state index is 12.8. The molecule has 2 rings (SSSR count). The SMILES string of the molecule is CNCC1CCCN1C(=O)c1ccc(F)cc1. The van der Waals surface area contributed by atoms with Gasteiger partial charge in [-0.1, -0.05) is 0 Å². The minimum Gasteiger partial charge on any atom is -0.334 e. The number of halogens is 1. The second kappa shape index (κ2) is 5.27. The average molecular weight is 236 g/mol. The highest BCUT2D eigenvalue weighted by Gasteiger charge is 2.28. The van der Waals surface area contributed by atoms with Crippen LogP contribution in [0.25, 0.3) is 0 Å². The molecule has 17 heavy (non-hydrogen) atoms. The summed E-state index contributed by atoms with van der Waals surface area (Å²) in [6.07, 6.45) is 2.08. The number of benzene rings is 1. The number of nitrogens with one attached hydrogen (secondary N) is 1. The summed E-state index contributed by atoms with van der Waals surface area (Å²) in [6.45, 7) is 1.61. The average Bonchev–Trinajstić information content (AvgIpc) is 2.78. The van der Waals surface area contributed by atoms with Crippen molar-refractivity contribution in [3.8, 4) is 0 Å². The Morgan fingerprint density at radius 2 is 2.18 bits per heavy atom. The molecule has 0 spiro atoms. The van der Waals surface area contributed by atoms with E-state index in [1.807, 2.05) is 11.9 Å². The molecule has 0 saturated carbocycles. The van der Waals surface area contributed by atoms with Crippen molar-refractivity contribution < 1.29 is 9.18 Å². The van der Waals surface area contributed by atoms with Gasteiger partial charge in [0.15, 0.2) is 0 Å². The Kier molecular flexibility index (Phi) is 3.74. The van der Waals surface area contributed by atoms with E-state index in [4.69, 9.17) is 0 Å². The van der Waals surface area contributed by atoms with E-state index in [2.05, 4.69) is 5.32 Å². The molecule has 1 heterocycles. The van der Waals surface area contributed by atoms with Gasteiger partial charge < -0.3 is 10.2 Å². The van der Waals surface area contributed by atoms with E-state index in [9.17, 15) is 9.18 Å². The molecule has 1 aliphatic heterocycles. The molecule has 1 unspecified atom stereocenters. The van der Waals surface area contributed by atoms with Gasteiger partial charge in [-0.05, 0) is 44.2 Å². The van der Waals surface area contributed by atoms with Gasteiger partial charge in [0.05, 0.1) is 0 Å². The van der Waals surface area contributed by atoms with Gasteiger partial charge in [0.2, 0.25) is 0 Å². The fourth-order valence-electron chi connectivity index (χ4n) is 2.31. The quantitative estimate of drug-likeness (QED) is 0.865. The van der Waals surface area contributed by atoms with E-state index >= 15 is 0 Å². The molecule has 92 valence electrons. The van der Waals surface area contributed by atoms with Crippen LogP contribution in [-0.2, 0) is 0 Å². The number of hydrogen-bond acceptors (Lipinski definition) is 2. The van der Waals surface area contributed by atoms with Gasteiger partial charge in [0.1, 0.15) is 5.82 Å². The summed E-state index contributed by atoms with van der Waals surface area (Å²) in [5.41, 5.74) is 0.564. The molecule has 3 nitrogen and oxygen atoms in total. The third kappa shape index (κ3) is 2.64. The molecule has 1 aromatic rings. The van der Waals surface area contributed by atoms with Gasteiger partial charge in [-0.3, -0.25) is 4.79 Å². The Bertz CT molecular complexity index is 391. The Hall–Kier alpha value is -1.42. The fraction of sp³-hybridized carbons (Fsp3) is 0.462. The van der Waals surface area contributed by atoms with Crippen LogP contribution in [0.1, 0.15) is 23.2 Å². The fourth-order valence-corrected chi connectivity index (χ4v) is 2.31. The normalized spacial score (nSPS) is 19.6. The summed E-state index contributed by atoms with van der Waals surface area (Å²) in [4.78, 5) is 14.1. The molecule has 0 aliphatic carbocycles. The van der Waals surface area contributed by atoms with Crippen LogP contribution >= 0.6 is 0 Å². The number of carbonyl (C=O) groups is 1. The van der Waals surface area contributed by atoms with E-state index in [1.54, 1.807) is 12.1 Å². The van der Waals surface area contributed by atoms with E-state index in [0.29, 0.717) is 5.56 Å². The van der Waals surface area contributed by atoms with Gasteiger partial charge >= 0.3 is 0 Å². The molecule has 0 radical (unpaired) electrons. The van der Waals surface area contributed by atoms with Crippen LogP contribution in [0.15, 0.2) is 24.3 Å². The van der Waals surface area contributed by atoms with Crippen LogP contribution in [0.2, 0.25) is 0 Å². The maximum Gasteiger partial charge on any atom is 0.254 e. The third-order valence-corrected chi connectivity index (χ3v) is 3.17. The van der Waals surface area contributed by atoms with Crippen molar-refractivity contribution in [1.82, 2.24) is 10.2 Å². The van der Waals surface area contributed by atoms with Crippen LogP contribution in [0.4, 0.5) is 4.39 Å². The lowest BCUT2D eigenvalue weighted by atomic mass is 10.1. The van der Waals surface area contributed by atoms with Crippen molar-refractivity contribution in [1.29, 1.82) is 0 Å². The number of likely N-dealkylation sites (N-methyl/N-ethyl adjacent to an activating group) is 1. The minimum atomic E-state index is -0.310. The van der Waals surface area contributed by atoms with Gasteiger partial charge in [-0.2, -0.15) is 0 Å². The molecule has 1 aliphatic rings. The minimum absolute atomic E-state index is 0.00255. The first kappa shape index (κ1) is 12.0. The zero-order valence-corrected chi connectivity index (χ0v) is 9.95. The van der Waals surface area contributed by atoms with E-state index in [0.717, 1.165) is 25.9 Å². The Morgan fingerprint density at radius 1 is 1.47 bits per heavy atom. The van der Waals surface area contributed by atoms with E-state index in [1.165, 1.54) is 12.1 Å². The standard InChI is InChI=1S/C13H17FN2O/c1-15-9-12-3-2-8-16(12)13(17)10-4-6-11(14)7-5-10/h4-7,12,15H,2-3,8-9H2,1H3. The monoisotopic (exact) mass is 236 g/mol. The molecular weight excluding hydrogens is 219 g/mol. The van der Waals surface area contributed by atoms with Gasteiger partial charge in [0, 0.05) is 24.7 Å². The lowest BCUT2D eigenvalue weighted by molar-refractivity contribution is 0.0737. The zero-order chi connectivity index (χ0) is 12.3. The van der Waals surface area contributed by atoms with Gasteiger partial charge in [-0.15, -0.1) is 0 Å². The number of hydrogen-bond donors (Lipinski definition) is 1. The van der Waals surface area contributed by atoms with Gasteiger partial charge in [-0.25, -0.2) is 4.39 Å². The third-order valence-electron chi connectivity index (χ3n) is 3.17. The maximum atomic E-state index is 12.8. The molecular formula is C13H17FN2O. The van der Waals surface area contributed by atoms with Crippen molar-refractivity contribution in [3.05, 3.63) is 35.6 Å². The molecule has 1 N–H and O–H groups in total. The molecule has 0 aromatic heterocycles. The molecule has 1 fully saturated rings. The molecule has 1 atom stereocenters. The van der Waals surface area contributed by atoms with Crippen LogP contribution in [0.3, 0.4) is 0 Å². The predicted molar refractivity (Wildman–Crippen MR) is 64.4 cm³/mol. The summed E-state index contributed by atoms with van der Waals surface area (Å²) < 4.78 is 12.8. The lowest BCUT2D eigenvalue weighted by Crippen LogP contribution is -2.40. The predicted octanol–water partition coefficient (Wildman–Crippen LogP) is 1.65. The second-order valence-corrected chi connectivity index (χ2v) is 4.36. The highest BCUT2D eigenvalue weighted by Crippen LogP contribution is 2.19. The van der Waals surface area contributed by atoms with Crippen LogP contribution in [0.5, 0.6) is 0 Å². The number of likely N-dealkylation sites (tertiary alicyclic amines) is 1. The van der Waals surface area contributed by atoms with E-state index in [-0.39, 0.29) is 17.8 Å². The van der Waals surface area contributed by atoms with Crippen molar-refractivity contribution >= 4 is 5.91 Å². The first-order valence-corrected chi connectivity index (χ1v) is 5.93. The molecule has 1 aromatic carbocycles. The molecule has 4 heteroatoms. The molecule has 1 saturated heterocycles. The number of rotatable bonds is 3. The lowest BCUT2D eigenvalue weighted by Gasteiger charge is -2.24. The summed E-state index contributed by atoms with van der Waals surface area (Å²) in [6, 6.07) is 6.02. The summed E-state index contributed by atoms with van der Waals surface area (Å²) in [5.74, 6) is -0.308. The smallest absolute Gasteiger partial charge is 0.254 e. The molecule has 0 bridgehead atoms. The summed E-state index contributed by atoms with van der Waals surface area (Å²) >= 11 is 0. The van der Waals surface area contributed by atoms with Crippen molar-refractivity contribution in [2.75, 3.05) is 20.1 Å². The van der Waals surface area contributed by atoms with Gasteiger partial charge in [0.25, 0.3) is 5.91 Å². The summed E-state index contributed by atoms with van der Waals surface area (Å²) in [5, 5.41) is 3.10. The highest BCUT2D eigenvalue weighted by atomic mass is 19.1. The van der Waals surface area contributed by atoms with Crippen molar-refractivity contribution in [2.24, 2.45) is 0 Å². The molecule has 1 amide bonds. The number of nitrogens with zero attached hydrogens (tertiary/aromatic N) is 1.